The second kappa shape index (κ2) is 9.49. The molecule has 0 saturated carbocycles. The Hall–Kier alpha value is -2.60. The van der Waals surface area contributed by atoms with E-state index in [9.17, 15) is 22.7 Å². The molecule has 1 unspecified atom stereocenters. The summed E-state index contributed by atoms with van der Waals surface area (Å²) in [6, 6.07) is 4.24. The summed E-state index contributed by atoms with van der Waals surface area (Å²) in [5.41, 5.74) is 1.76. The maximum atomic E-state index is 14.8. The fourth-order valence-corrected chi connectivity index (χ4v) is 5.13. The summed E-state index contributed by atoms with van der Waals surface area (Å²) in [6.07, 6.45) is -0.0554. The molecule has 0 aliphatic rings. The van der Waals surface area contributed by atoms with Crippen LogP contribution in [0.1, 0.15) is 47.2 Å². The second-order valence-electron chi connectivity index (χ2n) is 7.29. The first-order chi connectivity index (χ1) is 15.0. The summed E-state index contributed by atoms with van der Waals surface area (Å²) in [5.74, 6) is -2.47. The molecule has 0 saturated heterocycles. The van der Waals surface area contributed by atoms with E-state index in [4.69, 9.17) is 16.0 Å². The van der Waals surface area contributed by atoms with E-state index in [2.05, 4.69) is 19.9 Å². The molecule has 2 atom stereocenters. The SMILES string of the molecule is Cc1ccc(F)c(C(C)[C@H](NS(=O)(=O)c2ccc(Cl)nc2CCO)c2n[nH]c(=O)o2)c1C. The van der Waals surface area contributed by atoms with Crippen LogP contribution in [-0.2, 0) is 16.4 Å². The molecule has 0 amide bonds. The molecular formula is C20H22ClFN4O5S. The van der Waals surface area contributed by atoms with E-state index >= 15 is 0 Å². The van der Waals surface area contributed by atoms with Crippen molar-refractivity contribution >= 4 is 21.6 Å². The van der Waals surface area contributed by atoms with Crippen molar-refractivity contribution in [3.05, 3.63) is 74.1 Å². The Morgan fingerprint density at radius 2 is 2.00 bits per heavy atom. The van der Waals surface area contributed by atoms with Gasteiger partial charge in [-0.1, -0.05) is 24.6 Å². The zero-order valence-corrected chi connectivity index (χ0v) is 19.1. The lowest BCUT2D eigenvalue weighted by atomic mass is 9.88. The molecule has 2 heterocycles. The highest BCUT2D eigenvalue weighted by molar-refractivity contribution is 7.89. The van der Waals surface area contributed by atoms with Gasteiger partial charge in [-0.15, -0.1) is 5.10 Å². The Bertz CT molecular complexity index is 1290. The zero-order valence-electron chi connectivity index (χ0n) is 17.5. The topological polar surface area (TPSA) is 138 Å². The van der Waals surface area contributed by atoms with Gasteiger partial charge in [-0.2, -0.15) is 4.72 Å². The predicted molar refractivity (Wildman–Crippen MR) is 115 cm³/mol. The molecule has 9 nitrogen and oxygen atoms in total. The van der Waals surface area contributed by atoms with E-state index < -0.39 is 33.6 Å². The average molecular weight is 485 g/mol. The van der Waals surface area contributed by atoms with Crippen molar-refractivity contribution < 1.29 is 22.3 Å². The number of hydrogen-bond donors (Lipinski definition) is 3. The van der Waals surface area contributed by atoms with E-state index in [1.807, 2.05) is 0 Å². The number of sulfonamides is 1. The van der Waals surface area contributed by atoms with Crippen molar-refractivity contribution in [2.75, 3.05) is 6.61 Å². The van der Waals surface area contributed by atoms with Crippen molar-refractivity contribution in [1.82, 2.24) is 19.9 Å². The summed E-state index contributed by atoms with van der Waals surface area (Å²) in [5, 5.41) is 15.2. The molecule has 172 valence electrons. The van der Waals surface area contributed by atoms with Crippen LogP contribution >= 0.6 is 11.6 Å². The minimum absolute atomic E-state index is 0.0554. The molecule has 0 spiro atoms. The number of aromatic amines is 1. The number of aryl methyl sites for hydroxylation is 1. The molecule has 12 heteroatoms. The number of aliphatic hydroxyl groups is 1. The molecule has 0 bridgehead atoms. The van der Waals surface area contributed by atoms with Crippen LogP contribution in [0.5, 0.6) is 0 Å². The first-order valence-electron chi connectivity index (χ1n) is 9.64. The standard InChI is InChI=1S/C20H22ClFN4O5S/c1-10-4-5-13(22)17(11(10)2)12(3)18(19-24-25-20(28)31-19)26-32(29,30)15-6-7-16(21)23-14(15)8-9-27/h4-7,12,18,26-27H,8-9H2,1-3H3,(H,25,28)/t12?,18-/m0/s1. The van der Waals surface area contributed by atoms with Gasteiger partial charge in [0, 0.05) is 18.9 Å². The summed E-state index contributed by atoms with van der Waals surface area (Å²) >= 11 is 5.87. The van der Waals surface area contributed by atoms with Crippen molar-refractivity contribution in [3.8, 4) is 0 Å². The summed E-state index contributed by atoms with van der Waals surface area (Å²) < 4.78 is 48.8. The van der Waals surface area contributed by atoms with Gasteiger partial charge in [0.1, 0.15) is 21.9 Å². The van der Waals surface area contributed by atoms with Crippen LogP contribution in [0.2, 0.25) is 5.15 Å². The van der Waals surface area contributed by atoms with Gasteiger partial charge < -0.3 is 9.52 Å². The summed E-state index contributed by atoms with van der Waals surface area (Å²) in [6.45, 7) is 4.78. The monoisotopic (exact) mass is 484 g/mol. The molecule has 0 aliphatic carbocycles. The average Bonchev–Trinajstić information content (AvgIpc) is 3.15. The Kier molecular flexibility index (Phi) is 7.13. The molecule has 0 aliphatic heterocycles. The number of pyridine rings is 1. The summed E-state index contributed by atoms with van der Waals surface area (Å²) in [4.78, 5) is 15.3. The van der Waals surface area contributed by atoms with Crippen molar-refractivity contribution in [2.45, 2.75) is 44.0 Å². The molecule has 3 aromatic rings. The molecule has 0 fully saturated rings. The Labute approximate surface area is 188 Å². The summed E-state index contributed by atoms with van der Waals surface area (Å²) in [7, 11) is -4.28. The number of aromatic nitrogens is 3. The molecule has 32 heavy (non-hydrogen) atoms. The van der Waals surface area contributed by atoms with Gasteiger partial charge in [-0.05, 0) is 48.7 Å². The first-order valence-corrected chi connectivity index (χ1v) is 11.5. The van der Waals surface area contributed by atoms with Crippen LogP contribution in [0.3, 0.4) is 0 Å². The minimum atomic E-state index is -4.28. The maximum Gasteiger partial charge on any atom is 0.434 e. The number of rotatable bonds is 8. The zero-order chi connectivity index (χ0) is 23.6. The number of nitrogens with zero attached hydrogens (tertiary/aromatic N) is 2. The van der Waals surface area contributed by atoms with Crippen LogP contribution in [0.25, 0.3) is 0 Å². The highest BCUT2D eigenvalue weighted by Crippen LogP contribution is 2.35. The number of H-pyrrole nitrogens is 1. The lowest BCUT2D eigenvalue weighted by Crippen LogP contribution is -2.33. The van der Waals surface area contributed by atoms with E-state index in [1.54, 1.807) is 26.8 Å². The largest absolute Gasteiger partial charge is 0.434 e. The number of hydrogen-bond acceptors (Lipinski definition) is 7. The molecular weight excluding hydrogens is 463 g/mol. The second-order valence-corrected chi connectivity index (χ2v) is 9.36. The van der Waals surface area contributed by atoms with Crippen LogP contribution in [-0.4, -0.2) is 35.3 Å². The highest BCUT2D eigenvalue weighted by atomic mass is 35.5. The lowest BCUT2D eigenvalue weighted by molar-refractivity contribution is 0.297. The number of nitrogens with one attached hydrogen (secondary N) is 2. The molecule has 0 radical (unpaired) electrons. The number of benzene rings is 1. The van der Waals surface area contributed by atoms with Crippen LogP contribution in [0.4, 0.5) is 4.39 Å². The maximum absolute atomic E-state index is 14.8. The third-order valence-corrected chi connectivity index (χ3v) is 6.95. The fraction of sp³-hybridized carbons (Fsp3) is 0.350. The first kappa shape index (κ1) is 24.1. The smallest absolute Gasteiger partial charge is 0.396 e. The fourth-order valence-electron chi connectivity index (χ4n) is 3.49. The highest BCUT2D eigenvalue weighted by Gasteiger charge is 2.34. The Morgan fingerprint density at radius 1 is 1.28 bits per heavy atom. The van der Waals surface area contributed by atoms with Gasteiger partial charge in [-0.25, -0.2) is 27.7 Å². The van der Waals surface area contributed by atoms with E-state index in [1.165, 1.54) is 18.2 Å². The van der Waals surface area contributed by atoms with E-state index in [0.717, 1.165) is 5.56 Å². The van der Waals surface area contributed by atoms with Crippen LogP contribution < -0.4 is 10.5 Å². The Morgan fingerprint density at radius 3 is 2.62 bits per heavy atom. The molecule has 3 rings (SSSR count). The van der Waals surface area contributed by atoms with Gasteiger partial charge in [0.25, 0.3) is 0 Å². The number of aliphatic hydroxyl groups excluding tert-OH is 1. The quantitative estimate of drug-likeness (QED) is 0.417. The Balaban J connectivity index is 2.11. The van der Waals surface area contributed by atoms with Crippen molar-refractivity contribution in [1.29, 1.82) is 0 Å². The van der Waals surface area contributed by atoms with Gasteiger partial charge in [0.15, 0.2) is 0 Å². The molecule has 3 N–H and O–H groups in total. The molecule has 1 aromatic carbocycles. The van der Waals surface area contributed by atoms with Gasteiger partial charge in [-0.3, -0.25) is 0 Å². The molecule has 2 aromatic heterocycles. The van der Waals surface area contributed by atoms with Crippen molar-refractivity contribution in [3.63, 3.8) is 0 Å². The van der Waals surface area contributed by atoms with Gasteiger partial charge in [0.2, 0.25) is 15.9 Å². The third-order valence-electron chi connectivity index (χ3n) is 5.23. The van der Waals surface area contributed by atoms with E-state index in [-0.39, 0.29) is 40.2 Å². The van der Waals surface area contributed by atoms with Crippen LogP contribution in [0, 0.1) is 19.7 Å². The lowest BCUT2D eigenvalue weighted by Gasteiger charge is -2.25. The predicted octanol–water partition coefficient (Wildman–Crippen LogP) is 2.53. The van der Waals surface area contributed by atoms with Crippen LogP contribution in [0.15, 0.2) is 38.4 Å². The van der Waals surface area contributed by atoms with Gasteiger partial charge in [0.05, 0.1) is 5.69 Å². The normalized spacial score (nSPS) is 13.8. The minimum Gasteiger partial charge on any atom is -0.396 e. The third kappa shape index (κ3) is 4.90. The van der Waals surface area contributed by atoms with Crippen molar-refractivity contribution in [2.24, 2.45) is 0 Å². The number of halogens is 2. The van der Waals surface area contributed by atoms with E-state index in [0.29, 0.717) is 5.56 Å². The van der Waals surface area contributed by atoms with Gasteiger partial charge >= 0.3 is 5.76 Å².